The van der Waals surface area contributed by atoms with Gasteiger partial charge in [-0.15, -0.1) is 0 Å². The van der Waals surface area contributed by atoms with Crippen molar-refractivity contribution in [3.05, 3.63) is 12.2 Å². The molecule has 6 heteroatoms. The van der Waals surface area contributed by atoms with Crippen LogP contribution in [0.3, 0.4) is 0 Å². The highest BCUT2D eigenvalue weighted by Crippen LogP contribution is 2.18. The molecule has 3 N–H and O–H groups in total. The minimum Gasteiger partial charge on any atom is -0.466 e. The van der Waals surface area contributed by atoms with Crippen molar-refractivity contribution in [1.82, 2.24) is 5.32 Å². The number of esters is 1. The van der Waals surface area contributed by atoms with E-state index < -0.39 is 12.1 Å². The van der Waals surface area contributed by atoms with Gasteiger partial charge in [0.05, 0.1) is 25.4 Å². The second kappa shape index (κ2) is 59.2. The molecule has 0 fully saturated rings. The van der Waals surface area contributed by atoms with Gasteiger partial charge >= 0.3 is 5.97 Å². The van der Waals surface area contributed by atoms with Crippen molar-refractivity contribution >= 4 is 11.9 Å². The van der Waals surface area contributed by atoms with Crippen molar-refractivity contribution in [2.24, 2.45) is 0 Å². The van der Waals surface area contributed by atoms with Gasteiger partial charge in [0.2, 0.25) is 5.91 Å². The summed E-state index contributed by atoms with van der Waals surface area (Å²) in [4.78, 5) is 24.5. The van der Waals surface area contributed by atoms with Gasteiger partial charge < -0.3 is 20.3 Å². The molecule has 0 bridgehead atoms. The van der Waals surface area contributed by atoms with Gasteiger partial charge in [0.15, 0.2) is 0 Å². The number of carbonyl (C=O) groups is 2. The predicted octanol–water partition coefficient (Wildman–Crippen LogP) is 19.6. The summed E-state index contributed by atoms with van der Waals surface area (Å²) in [6.45, 7) is 4.95. The number of hydrogen-bond donors (Lipinski definition) is 3. The number of aliphatic hydroxyl groups excluding tert-OH is 2. The van der Waals surface area contributed by atoms with Gasteiger partial charge in [0.25, 0.3) is 0 Å². The molecule has 0 spiro atoms. The van der Waals surface area contributed by atoms with Crippen LogP contribution in [-0.4, -0.2) is 47.4 Å². The third-order valence-electron chi connectivity index (χ3n) is 14.8. The maximum atomic E-state index is 12.5. The molecule has 1 amide bonds. The maximum absolute atomic E-state index is 12.5. The lowest BCUT2D eigenvalue weighted by Crippen LogP contribution is -2.45. The fourth-order valence-electron chi connectivity index (χ4n) is 9.99. The lowest BCUT2D eigenvalue weighted by molar-refractivity contribution is -0.143. The molecule has 2 atom stereocenters. The topological polar surface area (TPSA) is 95.9 Å². The molecule has 0 saturated heterocycles. The zero-order valence-electron chi connectivity index (χ0n) is 46.8. The van der Waals surface area contributed by atoms with Crippen LogP contribution in [0.25, 0.3) is 0 Å². The highest BCUT2D eigenvalue weighted by Gasteiger charge is 2.20. The molecule has 0 saturated carbocycles. The van der Waals surface area contributed by atoms with Gasteiger partial charge in [0, 0.05) is 12.8 Å². The molecule has 0 rings (SSSR count). The van der Waals surface area contributed by atoms with Crippen molar-refractivity contribution in [1.29, 1.82) is 0 Å². The molecule has 69 heavy (non-hydrogen) atoms. The van der Waals surface area contributed by atoms with E-state index in [4.69, 9.17) is 4.74 Å². The summed E-state index contributed by atoms with van der Waals surface area (Å²) in [6.07, 6.45) is 70.9. The molecule has 0 heterocycles. The van der Waals surface area contributed by atoms with E-state index in [2.05, 4.69) is 31.3 Å². The van der Waals surface area contributed by atoms with Crippen LogP contribution in [0.1, 0.15) is 354 Å². The van der Waals surface area contributed by atoms with E-state index in [1.807, 2.05) is 0 Å². The fourth-order valence-corrected chi connectivity index (χ4v) is 9.99. The standard InChI is InChI=1S/C63H123NO5/c1-3-5-7-9-11-13-15-32-37-41-45-49-53-57-63(68)69-58-54-50-46-42-38-34-31-29-27-25-23-21-19-17-18-20-22-24-26-28-30-33-36-40-44-48-52-56-62(67)64-60(59-65)61(66)55-51-47-43-39-35-16-14-12-10-8-6-4-2/h13,15,60-61,65-66H,3-12,14,16-59H2,1-2H3,(H,64,67)/b15-13-. The van der Waals surface area contributed by atoms with E-state index in [0.717, 1.165) is 44.9 Å². The summed E-state index contributed by atoms with van der Waals surface area (Å²) in [5.74, 6) is -0.0218. The third kappa shape index (κ3) is 55.8. The minimum absolute atomic E-state index is 0.00926. The number of amides is 1. The molecule has 0 aromatic carbocycles. The van der Waals surface area contributed by atoms with Crippen LogP contribution in [0.2, 0.25) is 0 Å². The van der Waals surface area contributed by atoms with Crippen LogP contribution >= 0.6 is 0 Å². The first-order valence-electron chi connectivity index (χ1n) is 31.4. The zero-order valence-corrected chi connectivity index (χ0v) is 46.8. The van der Waals surface area contributed by atoms with Crippen LogP contribution in [0.4, 0.5) is 0 Å². The molecule has 0 aliphatic rings. The second-order valence-electron chi connectivity index (χ2n) is 21.7. The van der Waals surface area contributed by atoms with Crippen LogP contribution in [0.15, 0.2) is 12.2 Å². The largest absolute Gasteiger partial charge is 0.466 e. The first kappa shape index (κ1) is 67.6. The Kier molecular flexibility index (Phi) is 58.0. The Labute approximate surface area is 431 Å². The van der Waals surface area contributed by atoms with Crippen molar-refractivity contribution in [2.75, 3.05) is 13.2 Å². The maximum Gasteiger partial charge on any atom is 0.305 e. The van der Waals surface area contributed by atoms with Crippen molar-refractivity contribution < 1.29 is 24.5 Å². The number of ether oxygens (including phenoxy) is 1. The monoisotopic (exact) mass is 974 g/mol. The van der Waals surface area contributed by atoms with Crippen LogP contribution in [-0.2, 0) is 14.3 Å². The van der Waals surface area contributed by atoms with Crippen molar-refractivity contribution in [3.8, 4) is 0 Å². The van der Waals surface area contributed by atoms with Crippen LogP contribution < -0.4 is 5.32 Å². The highest BCUT2D eigenvalue weighted by atomic mass is 16.5. The van der Waals surface area contributed by atoms with Gasteiger partial charge in [0.1, 0.15) is 0 Å². The summed E-state index contributed by atoms with van der Waals surface area (Å²) < 4.78 is 5.48. The number of rotatable bonds is 59. The molecule has 2 unspecified atom stereocenters. The van der Waals surface area contributed by atoms with Gasteiger partial charge in [-0.25, -0.2) is 0 Å². The number of hydrogen-bond acceptors (Lipinski definition) is 5. The predicted molar refractivity (Wildman–Crippen MR) is 301 cm³/mol. The van der Waals surface area contributed by atoms with E-state index in [-0.39, 0.29) is 18.5 Å². The summed E-state index contributed by atoms with van der Waals surface area (Å²) in [5, 5.41) is 23.2. The molecule has 0 radical (unpaired) electrons. The summed E-state index contributed by atoms with van der Waals surface area (Å²) in [7, 11) is 0. The van der Waals surface area contributed by atoms with E-state index in [9.17, 15) is 19.8 Å². The van der Waals surface area contributed by atoms with Crippen molar-refractivity contribution in [2.45, 2.75) is 366 Å². The molecule has 0 aliphatic carbocycles. The number of allylic oxidation sites excluding steroid dienone is 2. The molecule has 6 nitrogen and oxygen atoms in total. The molecule has 410 valence electrons. The third-order valence-corrected chi connectivity index (χ3v) is 14.8. The van der Waals surface area contributed by atoms with Crippen LogP contribution in [0.5, 0.6) is 0 Å². The lowest BCUT2D eigenvalue weighted by atomic mass is 10.0. The zero-order chi connectivity index (χ0) is 50.0. The van der Waals surface area contributed by atoms with E-state index in [1.54, 1.807) is 0 Å². The minimum atomic E-state index is -0.660. The molecule has 0 aliphatic heterocycles. The van der Waals surface area contributed by atoms with Gasteiger partial charge in [-0.05, 0) is 51.4 Å². The van der Waals surface area contributed by atoms with E-state index in [0.29, 0.717) is 25.9 Å². The first-order valence-corrected chi connectivity index (χ1v) is 31.4. The van der Waals surface area contributed by atoms with E-state index in [1.165, 1.54) is 276 Å². The Hall–Kier alpha value is -1.40. The average molecular weight is 975 g/mol. The van der Waals surface area contributed by atoms with Gasteiger partial charge in [-0.1, -0.05) is 302 Å². The molecule has 0 aromatic heterocycles. The molecular weight excluding hydrogens is 851 g/mol. The SMILES string of the molecule is CCCCCC/C=C\CCCCCCCC(=O)OCCCCCCCCCCCCCCCCCCCCCCCCCCCCCC(=O)NC(CO)C(O)CCCCCCCCCCCCCC. The number of unbranched alkanes of at least 4 members (excludes halogenated alkanes) is 46. The molecule has 0 aromatic rings. The number of nitrogens with one attached hydrogen (secondary N) is 1. The second-order valence-corrected chi connectivity index (χ2v) is 21.7. The Morgan fingerprint density at radius 3 is 1.04 bits per heavy atom. The summed E-state index contributed by atoms with van der Waals surface area (Å²) in [5.41, 5.74) is 0. The Morgan fingerprint density at radius 2 is 0.681 bits per heavy atom. The smallest absolute Gasteiger partial charge is 0.305 e. The van der Waals surface area contributed by atoms with Crippen molar-refractivity contribution in [3.63, 3.8) is 0 Å². The first-order chi connectivity index (χ1) is 34.0. The Morgan fingerprint density at radius 1 is 0.391 bits per heavy atom. The number of carbonyl (C=O) groups excluding carboxylic acids is 2. The van der Waals surface area contributed by atoms with Crippen LogP contribution in [0, 0.1) is 0 Å². The summed E-state index contributed by atoms with van der Waals surface area (Å²) in [6, 6.07) is -0.537. The highest BCUT2D eigenvalue weighted by molar-refractivity contribution is 5.76. The fraction of sp³-hybridized carbons (Fsp3) is 0.937. The molecular formula is C63H123NO5. The Bertz CT molecular complexity index is 1030. The quantitative estimate of drug-likeness (QED) is 0.0321. The normalized spacial score (nSPS) is 12.6. The van der Waals surface area contributed by atoms with Gasteiger partial charge in [-0.2, -0.15) is 0 Å². The van der Waals surface area contributed by atoms with E-state index >= 15 is 0 Å². The Balaban J connectivity index is 3.33. The average Bonchev–Trinajstić information content (AvgIpc) is 3.35. The van der Waals surface area contributed by atoms with Gasteiger partial charge in [-0.3, -0.25) is 9.59 Å². The number of aliphatic hydroxyl groups is 2. The lowest BCUT2D eigenvalue weighted by Gasteiger charge is -2.22. The summed E-state index contributed by atoms with van der Waals surface area (Å²) >= 11 is 0.